The minimum absolute atomic E-state index is 0.120. The van der Waals surface area contributed by atoms with Crippen LogP contribution in [0.5, 0.6) is 0 Å². The first kappa shape index (κ1) is 23.9. The molecular formula is C28H29N5O2. The van der Waals surface area contributed by atoms with Crippen molar-refractivity contribution in [3.63, 3.8) is 0 Å². The van der Waals surface area contributed by atoms with Gasteiger partial charge in [-0.05, 0) is 28.8 Å². The van der Waals surface area contributed by atoms with Crippen molar-refractivity contribution >= 4 is 23.2 Å². The number of hydrogen-bond donors (Lipinski definition) is 3. The number of aromatic nitrogens is 2. The van der Waals surface area contributed by atoms with Crippen molar-refractivity contribution in [1.29, 1.82) is 0 Å². The molecule has 0 atom stereocenters. The molecule has 0 amide bonds. The SMILES string of the molecule is CCC(=O)c1ccc(CNc2ccc(-c3c(N)nc(N)nc3COCc3ccccc3)cc2)cc1. The highest BCUT2D eigenvalue weighted by molar-refractivity contribution is 5.95. The van der Waals surface area contributed by atoms with E-state index in [2.05, 4.69) is 15.3 Å². The number of carbonyl (C=O) groups excluding carboxylic acids is 1. The van der Waals surface area contributed by atoms with Crippen LogP contribution < -0.4 is 16.8 Å². The Morgan fingerprint density at radius 1 is 0.857 bits per heavy atom. The Hall–Kier alpha value is -4.23. The first-order chi connectivity index (χ1) is 17.0. The highest BCUT2D eigenvalue weighted by atomic mass is 16.5. The van der Waals surface area contributed by atoms with E-state index in [1.54, 1.807) is 0 Å². The predicted octanol–water partition coefficient (Wildman–Crippen LogP) is 5.23. The molecule has 0 saturated carbocycles. The van der Waals surface area contributed by atoms with Crippen LogP contribution in [0.2, 0.25) is 0 Å². The molecule has 0 unspecified atom stereocenters. The number of carbonyl (C=O) groups is 1. The monoisotopic (exact) mass is 467 g/mol. The van der Waals surface area contributed by atoms with E-state index in [-0.39, 0.29) is 18.3 Å². The molecular weight excluding hydrogens is 438 g/mol. The normalized spacial score (nSPS) is 10.8. The molecule has 4 rings (SSSR count). The van der Waals surface area contributed by atoms with Gasteiger partial charge >= 0.3 is 0 Å². The van der Waals surface area contributed by atoms with Crippen LogP contribution in [0.3, 0.4) is 0 Å². The Bertz CT molecular complexity index is 1270. The molecule has 178 valence electrons. The van der Waals surface area contributed by atoms with Crippen molar-refractivity contribution in [3.05, 3.63) is 101 Å². The molecule has 0 radical (unpaired) electrons. The molecule has 35 heavy (non-hydrogen) atoms. The zero-order valence-electron chi connectivity index (χ0n) is 19.7. The number of benzene rings is 3. The van der Waals surface area contributed by atoms with Gasteiger partial charge in [0.2, 0.25) is 5.95 Å². The van der Waals surface area contributed by atoms with Crippen LogP contribution in [-0.2, 0) is 24.5 Å². The summed E-state index contributed by atoms with van der Waals surface area (Å²) in [6, 6.07) is 25.5. The van der Waals surface area contributed by atoms with Gasteiger partial charge in [-0.1, -0.05) is 73.7 Å². The molecule has 7 heteroatoms. The van der Waals surface area contributed by atoms with E-state index in [0.717, 1.165) is 33.5 Å². The Kier molecular flexibility index (Phi) is 7.70. The highest BCUT2D eigenvalue weighted by Gasteiger charge is 2.14. The van der Waals surface area contributed by atoms with E-state index >= 15 is 0 Å². The van der Waals surface area contributed by atoms with Crippen molar-refractivity contribution in [2.45, 2.75) is 33.1 Å². The Balaban J connectivity index is 1.43. The summed E-state index contributed by atoms with van der Waals surface area (Å²) in [5.74, 6) is 0.587. The molecule has 0 aliphatic rings. The maximum absolute atomic E-state index is 11.8. The number of nitrogens with two attached hydrogens (primary N) is 2. The molecule has 7 nitrogen and oxygen atoms in total. The Morgan fingerprint density at radius 3 is 2.26 bits per heavy atom. The van der Waals surface area contributed by atoms with Crippen LogP contribution in [0.15, 0.2) is 78.9 Å². The third-order valence-electron chi connectivity index (χ3n) is 5.65. The number of rotatable bonds is 10. The summed E-state index contributed by atoms with van der Waals surface area (Å²) in [6.07, 6.45) is 0.508. The second kappa shape index (κ2) is 11.3. The molecule has 0 aliphatic carbocycles. The first-order valence-electron chi connectivity index (χ1n) is 11.5. The van der Waals surface area contributed by atoms with E-state index in [9.17, 15) is 4.79 Å². The van der Waals surface area contributed by atoms with Gasteiger partial charge in [0.15, 0.2) is 5.78 Å². The average Bonchev–Trinajstić information content (AvgIpc) is 2.88. The minimum Gasteiger partial charge on any atom is -0.383 e. The lowest BCUT2D eigenvalue weighted by Gasteiger charge is -2.14. The van der Waals surface area contributed by atoms with Gasteiger partial charge in [-0.3, -0.25) is 4.79 Å². The summed E-state index contributed by atoms with van der Waals surface area (Å²) in [5.41, 5.74) is 18.2. The lowest BCUT2D eigenvalue weighted by Crippen LogP contribution is -2.08. The molecule has 0 bridgehead atoms. The maximum Gasteiger partial charge on any atom is 0.222 e. The summed E-state index contributed by atoms with van der Waals surface area (Å²) >= 11 is 0. The number of nitrogen functional groups attached to an aromatic ring is 2. The number of nitrogens with one attached hydrogen (secondary N) is 1. The van der Waals surface area contributed by atoms with E-state index in [4.69, 9.17) is 16.2 Å². The van der Waals surface area contributed by atoms with Crippen molar-refractivity contribution < 1.29 is 9.53 Å². The fourth-order valence-electron chi connectivity index (χ4n) is 3.78. The quantitative estimate of drug-likeness (QED) is 0.273. The summed E-state index contributed by atoms with van der Waals surface area (Å²) in [5, 5.41) is 3.40. The van der Waals surface area contributed by atoms with Gasteiger partial charge in [0.1, 0.15) is 5.82 Å². The van der Waals surface area contributed by atoms with Gasteiger partial charge in [0, 0.05) is 29.8 Å². The van der Waals surface area contributed by atoms with E-state index in [1.165, 1.54) is 0 Å². The molecule has 0 fully saturated rings. The fourth-order valence-corrected chi connectivity index (χ4v) is 3.78. The second-order valence-corrected chi connectivity index (χ2v) is 8.17. The summed E-state index contributed by atoms with van der Waals surface area (Å²) in [6.45, 7) is 3.23. The number of Topliss-reactive ketones (excluding diaryl/α,β-unsaturated/α-hetero) is 1. The standard InChI is InChI=1S/C28H29N5O2/c1-2-25(34)21-10-8-19(9-11-21)16-31-23-14-12-22(13-15-23)26-24(32-28(30)33-27(26)29)18-35-17-20-6-4-3-5-7-20/h3-15,31H,2,16-18H2,1H3,(H4,29,30,32,33). The van der Waals surface area contributed by atoms with Crippen molar-refractivity contribution in [3.8, 4) is 11.1 Å². The number of ketones is 1. The second-order valence-electron chi connectivity index (χ2n) is 8.17. The van der Waals surface area contributed by atoms with Crippen LogP contribution in [0.4, 0.5) is 17.5 Å². The minimum atomic E-state index is 0.120. The van der Waals surface area contributed by atoms with Crippen molar-refractivity contribution in [1.82, 2.24) is 9.97 Å². The molecule has 3 aromatic carbocycles. The first-order valence-corrected chi connectivity index (χ1v) is 11.5. The molecule has 0 saturated heterocycles. The number of anilines is 3. The van der Waals surface area contributed by atoms with Crippen molar-refractivity contribution in [2.24, 2.45) is 0 Å². The highest BCUT2D eigenvalue weighted by Crippen LogP contribution is 2.30. The summed E-state index contributed by atoms with van der Waals surface area (Å²) in [7, 11) is 0. The Labute approximate surface area is 205 Å². The van der Waals surface area contributed by atoms with Crippen LogP contribution in [0, 0.1) is 0 Å². The van der Waals surface area contributed by atoms with E-state index < -0.39 is 0 Å². The molecule has 4 aromatic rings. The molecule has 5 N–H and O–H groups in total. The maximum atomic E-state index is 11.8. The predicted molar refractivity (Wildman–Crippen MR) is 140 cm³/mol. The van der Waals surface area contributed by atoms with Gasteiger partial charge in [-0.15, -0.1) is 0 Å². The molecule has 1 aromatic heterocycles. The topological polar surface area (TPSA) is 116 Å². The molecule has 1 heterocycles. The Morgan fingerprint density at radius 2 is 1.57 bits per heavy atom. The van der Waals surface area contributed by atoms with Gasteiger partial charge in [0.25, 0.3) is 0 Å². The third kappa shape index (κ3) is 6.22. The summed E-state index contributed by atoms with van der Waals surface area (Å²) in [4.78, 5) is 20.3. The molecule has 0 aliphatic heterocycles. The van der Waals surface area contributed by atoms with Crippen LogP contribution in [0.1, 0.15) is 40.5 Å². The molecule has 0 spiro atoms. The number of hydrogen-bond acceptors (Lipinski definition) is 7. The van der Waals surface area contributed by atoms with Crippen LogP contribution in [0.25, 0.3) is 11.1 Å². The van der Waals surface area contributed by atoms with E-state index in [0.29, 0.717) is 31.1 Å². The zero-order valence-corrected chi connectivity index (χ0v) is 19.7. The lowest BCUT2D eigenvalue weighted by atomic mass is 10.0. The average molecular weight is 468 g/mol. The number of nitrogens with zero attached hydrogens (tertiary/aromatic N) is 2. The van der Waals surface area contributed by atoms with E-state index in [1.807, 2.05) is 85.8 Å². The van der Waals surface area contributed by atoms with Gasteiger partial charge in [-0.2, -0.15) is 4.98 Å². The third-order valence-corrected chi connectivity index (χ3v) is 5.65. The largest absolute Gasteiger partial charge is 0.383 e. The van der Waals surface area contributed by atoms with Crippen molar-refractivity contribution in [2.75, 3.05) is 16.8 Å². The number of ether oxygens (including phenoxy) is 1. The van der Waals surface area contributed by atoms with Crippen LogP contribution >= 0.6 is 0 Å². The van der Waals surface area contributed by atoms with Gasteiger partial charge < -0.3 is 21.5 Å². The lowest BCUT2D eigenvalue weighted by molar-refractivity contribution is 0.0988. The van der Waals surface area contributed by atoms with Gasteiger partial charge in [-0.25, -0.2) is 4.98 Å². The zero-order chi connectivity index (χ0) is 24.6. The fraction of sp³-hybridized carbons (Fsp3) is 0.179. The van der Waals surface area contributed by atoms with Crippen LogP contribution in [-0.4, -0.2) is 15.8 Å². The summed E-state index contributed by atoms with van der Waals surface area (Å²) < 4.78 is 5.88. The smallest absolute Gasteiger partial charge is 0.222 e. The van der Waals surface area contributed by atoms with Gasteiger partial charge in [0.05, 0.1) is 18.9 Å².